The zero-order valence-corrected chi connectivity index (χ0v) is 12.9. The molecule has 0 bridgehead atoms. The number of halogens is 1. The largest absolute Gasteiger partial charge is 0.495 e. The Morgan fingerprint density at radius 1 is 1.14 bits per heavy atom. The Kier molecular flexibility index (Phi) is 3.62. The van der Waals surface area contributed by atoms with Crippen molar-refractivity contribution in [3.63, 3.8) is 0 Å². The van der Waals surface area contributed by atoms with E-state index >= 15 is 0 Å². The minimum Gasteiger partial charge on any atom is -0.495 e. The summed E-state index contributed by atoms with van der Waals surface area (Å²) in [6.07, 6.45) is 0. The first-order valence-electron chi connectivity index (χ1n) is 6.30. The van der Waals surface area contributed by atoms with Gasteiger partial charge >= 0.3 is 0 Å². The van der Waals surface area contributed by atoms with Gasteiger partial charge in [-0.1, -0.05) is 28.1 Å². The van der Waals surface area contributed by atoms with Crippen molar-refractivity contribution in [2.45, 2.75) is 0 Å². The van der Waals surface area contributed by atoms with E-state index in [0.717, 1.165) is 26.8 Å². The number of nitrogens with two attached hydrogens (primary N) is 1. The summed E-state index contributed by atoms with van der Waals surface area (Å²) in [5.74, 6) is 1.60. The molecule has 0 aliphatic carbocycles. The highest BCUT2D eigenvalue weighted by molar-refractivity contribution is 9.10. The third-order valence-corrected chi connectivity index (χ3v) is 3.53. The van der Waals surface area contributed by atoms with Gasteiger partial charge in [0.2, 0.25) is 5.95 Å². The van der Waals surface area contributed by atoms with Crippen molar-refractivity contribution >= 4 is 44.3 Å². The van der Waals surface area contributed by atoms with Crippen LogP contribution in [-0.4, -0.2) is 17.1 Å². The first kappa shape index (κ1) is 13.6. The smallest absolute Gasteiger partial charge is 0.222 e. The molecule has 0 aliphatic heterocycles. The molecule has 1 heterocycles. The molecule has 1 aromatic heterocycles. The van der Waals surface area contributed by atoms with Crippen LogP contribution >= 0.6 is 15.9 Å². The molecule has 106 valence electrons. The minimum absolute atomic E-state index is 0.227. The van der Waals surface area contributed by atoms with E-state index in [1.54, 1.807) is 7.11 Å². The third kappa shape index (κ3) is 2.75. The second kappa shape index (κ2) is 5.57. The van der Waals surface area contributed by atoms with Gasteiger partial charge in [-0.25, -0.2) is 4.98 Å². The van der Waals surface area contributed by atoms with E-state index in [1.807, 2.05) is 42.5 Å². The van der Waals surface area contributed by atoms with E-state index in [1.165, 1.54) is 0 Å². The van der Waals surface area contributed by atoms with Gasteiger partial charge in [-0.3, -0.25) is 0 Å². The fraction of sp³-hybridized carbons (Fsp3) is 0.0667. The summed E-state index contributed by atoms with van der Waals surface area (Å²) >= 11 is 3.45. The molecule has 0 unspecified atom stereocenters. The molecule has 0 atom stereocenters. The molecule has 6 heteroatoms. The zero-order chi connectivity index (χ0) is 14.8. The van der Waals surface area contributed by atoms with Crippen LogP contribution in [0.25, 0.3) is 10.9 Å². The number of ether oxygens (including phenoxy) is 1. The number of rotatable bonds is 3. The first-order valence-corrected chi connectivity index (χ1v) is 7.09. The van der Waals surface area contributed by atoms with Gasteiger partial charge in [0.05, 0.1) is 18.3 Å². The lowest BCUT2D eigenvalue weighted by Gasteiger charge is -2.13. The number of hydrogen-bond donors (Lipinski definition) is 2. The predicted octanol–water partition coefficient (Wildman–Crippen LogP) is 3.73. The molecule has 0 saturated heterocycles. The molecular formula is C15H13BrN4O. The maximum Gasteiger partial charge on any atom is 0.222 e. The van der Waals surface area contributed by atoms with Crippen molar-refractivity contribution in [2.24, 2.45) is 0 Å². The van der Waals surface area contributed by atoms with Crippen LogP contribution in [0.2, 0.25) is 0 Å². The summed E-state index contributed by atoms with van der Waals surface area (Å²) < 4.78 is 6.30. The summed E-state index contributed by atoms with van der Waals surface area (Å²) in [6, 6.07) is 13.4. The minimum atomic E-state index is 0.227. The van der Waals surface area contributed by atoms with Gasteiger partial charge in [-0.05, 0) is 30.3 Å². The number of fused-ring (bicyclic) bond motifs is 1. The predicted molar refractivity (Wildman–Crippen MR) is 87.9 cm³/mol. The Morgan fingerprint density at radius 2 is 1.95 bits per heavy atom. The molecule has 21 heavy (non-hydrogen) atoms. The Hall–Kier alpha value is -2.34. The van der Waals surface area contributed by atoms with Crippen LogP contribution in [0.3, 0.4) is 0 Å². The third-order valence-electron chi connectivity index (χ3n) is 3.04. The van der Waals surface area contributed by atoms with Crippen molar-refractivity contribution in [3.8, 4) is 5.75 Å². The number of para-hydroxylation sites is 1. The number of nitrogen functional groups attached to an aromatic ring is 1. The van der Waals surface area contributed by atoms with Gasteiger partial charge in [0, 0.05) is 9.86 Å². The Bertz CT molecular complexity index is 807. The topological polar surface area (TPSA) is 73.1 Å². The molecule has 2 aromatic carbocycles. The second-order valence-electron chi connectivity index (χ2n) is 4.42. The maximum atomic E-state index is 5.78. The normalized spacial score (nSPS) is 10.6. The summed E-state index contributed by atoms with van der Waals surface area (Å²) in [6.45, 7) is 0. The number of methoxy groups -OCH3 is 1. The van der Waals surface area contributed by atoms with E-state index in [0.29, 0.717) is 5.82 Å². The van der Waals surface area contributed by atoms with Gasteiger partial charge in [0.15, 0.2) is 0 Å². The SMILES string of the molecule is COc1ccc(Br)cc1Nc1nc(N)nc2ccccc12. The molecular weight excluding hydrogens is 332 g/mol. The van der Waals surface area contributed by atoms with Gasteiger partial charge < -0.3 is 15.8 Å². The van der Waals surface area contributed by atoms with Gasteiger partial charge in [-0.2, -0.15) is 4.98 Å². The van der Waals surface area contributed by atoms with Gasteiger partial charge in [-0.15, -0.1) is 0 Å². The van der Waals surface area contributed by atoms with Gasteiger partial charge in [0.1, 0.15) is 11.6 Å². The number of nitrogens with one attached hydrogen (secondary N) is 1. The molecule has 3 rings (SSSR count). The monoisotopic (exact) mass is 344 g/mol. The first-order chi connectivity index (χ1) is 10.2. The highest BCUT2D eigenvalue weighted by Crippen LogP contribution is 2.32. The summed E-state index contributed by atoms with van der Waals surface area (Å²) in [5.41, 5.74) is 7.37. The molecule has 5 nitrogen and oxygen atoms in total. The molecule has 3 N–H and O–H groups in total. The lowest BCUT2D eigenvalue weighted by atomic mass is 10.2. The van der Waals surface area contributed by atoms with Gasteiger partial charge in [0.25, 0.3) is 0 Å². The molecule has 0 spiro atoms. The van der Waals surface area contributed by atoms with Crippen molar-refractivity contribution in [2.75, 3.05) is 18.2 Å². The van der Waals surface area contributed by atoms with Crippen LogP contribution < -0.4 is 15.8 Å². The van der Waals surface area contributed by atoms with E-state index < -0.39 is 0 Å². The summed E-state index contributed by atoms with van der Waals surface area (Å²) in [7, 11) is 1.63. The quantitative estimate of drug-likeness (QED) is 0.757. The highest BCUT2D eigenvalue weighted by atomic mass is 79.9. The van der Waals surface area contributed by atoms with E-state index in [-0.39, 0.29) is 5.95 Å². The molecule has 0 fully saturated rings. The standard InChI is InChI=1S/C15H13BrN4O/c1-21-13-7-6-9(16)8-12(13)18-14-10-4-2-3-5-11(10)19-15(17)20-14/h2-8H,1H3,(H3,17,18,19,20). The number of anilines is 3. The molecule has 0 saturated carbocycles. The second-order valence-corrected chi connectivity index (χ2v) is 5.33. The van der Waals surface area contributed by atoms with Crippen molar-refractivity contribution in [1.82, 2.24) is 9.97 Å². The summed E-state index contributed by atoms with van der Waals surface area (Å²) in [5, 5.41) is 4.16. The number of benzene rings is 2. The lowest BCUT2D eigenvalue weighted by Crippen LogP contribution is -2.02. The van der Waals surface area contributed by atoms with Crippen molar-refractivity contribution in [1.29, 1.82) is 0 Å². The van der Waals surface area contributed by atoms with Crippen molar-refractivity contribution in [3.05, 3.63) is 46.9 Å². The van der Waals surface area contributed by atoms with E-state index in [4.69, 9.17) is 10.5 Å². The number of hydrogen-bond acceptors (Lipinski definition) is 5. The average molecular weight is 345 g/mol. The van der Waals surface area contributed by atoms with Crippen molar-refractivity contribution < 1.29 is 4.74 Å². The number of aromatic nitrogens is 2. The van der Waals surface area contributed by atoms with Crippen LogP contribution in [0.15, 0.2) is 46.9 Å². The fourth-order valence-corrected chi connectivity index (χ4v) is 2.46. The Labute approximate surface area is 130 Å². The molecule has 0 aliphatic rings. The zero-order valence-electron chi connectivity index (χ0n) is 11.3. The van der Waals surface area contributed by atoms with Crippen LogP contribution in [0, 0.1) is 0 Å². The molecule has 0 radical (unpaired) electrons. The lowest BCUT2D eigenvalue weighted by molar-refractivity contribution is 0.416. The van der Waals surface area contributed by atoms with Crippen LogP contribution in [0.5, 0.6) is 5.75 Å². The summed E-state index contributed by atoms with van der Waals surface area (Å²) in [4.78, 5) is 8.51. The van der Waals surface area contributed by atoms with E-state index in [2.05, 4.69) is 31.2 Å². The highest BCUT2D eigenvalue weighted by Gasteiger charge is 2.09. The maximum absolute atomic E-state index is 5.78. The van der Waals surface area contributed by atoms with Crippen LogP contribution in [-0.2, 0) is 0 Å². The molecule has 0 amide bonds. The molecule has 3 aromatic rings. The van der Waals surface area contributed by atoms with Crippen LogP contribution in [0.4, 0.5) is 17.5 Å². The average Bonchev–Trinajstić information content (AvgIpc) is 2.47. The fourth-order valence-electron chi connectivity index (χ4n) is 2.10. The Morgan fingerprint density at radius 3 is 2.76 bits per heavy atom. The Balaban J connectivity index is 2.12. The number of nitrogens with zero attached hydrogens (tertiary/aromatic N) is 2. The van der Waals surface area contributed by atoms with E-state index in [9.17, 15) is 0 Å². The van der Waals surface area contributed by atoms with Crippen LogP contribution in [0.1, 0.15) is 0 Å².